The van der Waals surface area contributed by atoms with Gasteiger partial charge in [-0.25, -0.2) is 4.68 Å². The molecular formula is C11H18N4O2. The van der Waals surface area contributed by atoms with Gasteiger partial charge in [0.25, 0.3) is 0 Å². The Hall–Kier alpha value is -1.59. The molecule has 0 unspecified atom stereocenters. The Morgan fingerprint density at radius 3 is 2.59 bits per heavy atom. The SMILES string of the molecule is CC(C)c1nn(C)c(NC2CCC2)c1[N+](=O)[O-]. The first-order chi connectivity index (χ1) is 8.00. The van der Waals surface area contributed by atoms with Crippen molar-refractivity contribution in [3.05, 3.63) is 15.8 Å². The van der Waals surface area contributed by atoms with Crippen LogP contribution in [0.4, 0.5) is 11.5 Å². The molecule has 1 fully saturated rings. The van der Waals surface area contributed by atoms with Crippen molar-refractivity contribution in [2.75, 3.05) is 5.32 Å². The van der Waals surface area contributed by atoms with Crippen LogP contribution in [0, 0.1) is 10.1 Å². The van der Waals surface area contributed by atoms with E-state index in [1.54, 1.807) is 11.7 Å². The number of hydrogen-bond donors (Lipinski definition) is 1. The molecule has 1 aliphatic rings. The molecule has 6 nitrogen and oxygen atoms in total. The molecule has 0 aromatic carbocycles. The minimum atomic E-state index is -0.330. The van der Waals surface area contributed by atoms with E-state index in [9.17, 15) is 10.1 Å². The zero-order valence-corrected chi connectivity index (χ0v) is 10.4. The summed E-state index contributed by atoms with van der Waals surface area (Å²) in [7, 11) is 1.75. The van der Waals surface area contributed by atoms with E-state index in [2.05, 4.69) is 10.4 Å². The molecule has 0 bridgehead atoms. The maximum atomic E-state index is 11.2. The Kier molecular flexibility index (Phi) is 3.04. The van der Waals surface area contributed by atoms with Gasteiger partial charge in [-0.3, -0.25) is 10.1 Å². The summed E-state index contributed by atoms with van der Waals surface area (Å²) in [5.74, 6) is 0.599. The lowest BCUT2D eigenvalue weighted by Crippen LogP contribution is -2.28. The molecule has 0 radical (unpaired) electrons. The molecule has 1 heterocycles. The van der Waals surface area contributed by atoms with Crippen LogP contribution in [0.5, 0.6) is 0 Å². The molecule has 17 heavy (non-hydrogen) atoms. The summed E-state index contributed by atoms with van der Waals surface area (Å²) in [6.07, 6.45) is 3.36. The fourth-order valence-electron chi connectivity index (χ4n) is 2.01. The van der Waals surface area contributed by atoms with Crippen molar-refractivity contribution in [2.45, 2.75) is 45.1 Å². The number of hydrogen-bond acceptors (Lipinski definition) is 4. The minimum Gasteiger partial charge on any atom is -0.362 e. The number of nitrogens with one attached hydrogen (secondary N) is 1. The van der Waals surface area contributed by atoms with Crippen molar-refractivity contribution < 1.29 is 4.92 Å². The maximum absolute atomic E-state index is 11.2. The standard InChI is InChI=1S/C11H18N4O2/c1-7(2)9-10(15(16)17)11(14(3)13-9)12-8-5-4-6-8/h7-8,12H,4-6H2,1-3H3. The van der Waals surface area contributed by atoms with E-state index in [0.717, 1.165) is 12.8 Å². The van der Waals surface area contributed by atoms with Gasteiger partial charge in [0.1, 0.15) is 5.69 Å². The van der Waals surface area contributed by atoms with Crippen LogP contribution in [0.3, 0.4) is 0 Å². The van der Waals surface area contributed by atoms with Crippen molar-refractivity contribution in [1.82, 2.24) is 9.78 Å². The summed E-state index contributed by atoms with van der Waals surface area (Å²) in [5.41, 5.74) is 0.689. The molecule has 1 N–H and O–H groups in total. The molecule has 0 spiro atoms. The first-order valence-corrected chi connectivity index (χ1v) is 5.98. The summed E-state index contributed by atoms with van der Waals surface area (Å²) in [6.45, 7) is 3.84. The van der Waals surface area contributed by atoms with Gasteiger partial charge in [-0.15, -0.1) is 0 Å². The van der Waals surface area contributed by atoms with Gasteiger partial charge in [0.2, 0.25) is 5.82 Å². The van der Waals surface area contributed by atoms with Crippen molar-refractivity contribution in [3.63, 3.8) is 0 Å². The number of nitro groups is 1. The second-order valence-electron chi connectivity index (χ2n) is 4.89. The van der Waals surface area contributed by atoms with E-state index in [-0.39, 0.29) is 16.5 Å². The Morgan fingerprint density at radius 1 is 1.53 bits per heavy atom. The van der Waals surface area contributed by atoms with Crippen LogP contribution in [-0.2, 0) is 7.05 Å². The van der Waals surface area contributed by atoms with Crippen molar-refractivity contribution >= 4 is 11.5 Å². The summed E-state index contributed by atoms with van der Waals surface area (Å²) >= 11 is 0. The average Bonchev–Trinajstić information content (AvgIpc) is 2.49. The van der Waals surface area contributed by atoms with Gasteiger partial charge < -0.3 is 5.32 Å². The summed E-state index contributed by atoms with van der Waals surface area (Å²) in [4.78, 5) is 10.8. The molecule has 1 aromatic heterocycles. The molecule has 0 aliphatic heterocycles. The van der Waals surface area contributed by atoms with Gasteiger partial charge in [0.05, 0.1) is 4.92 Å². The van der Waals surface area contributed by atoms with Crippen LogP contribution in [0.25, 0.3) is 0 Å². The number of aryl methyl sites for hydroxylation is 1. The Labute approximate surface area is 100 Å². The van der Waals surface area contributed by atoms with E-state index in [1.807, 2.05) is 13.8 Å². The molecule has 6 heteroatoms. The lowest BCUT2D eigenvalue weighted by molar-refractivity contribution is -0.384. The largest absolute Gasteiger partial charge is 0.362 e. The van der Waals surface area contributed by atoms with Gasteiger partial charge in [-0.2, -0.15) is 5.10 Å². The molecule has 94 valence electrons. The predicted octanol–water partition coefficient (Wildman–Crippen LogP) is 2.42. The maximum Gasteiger partial charge on any atom is 0.334 e. The number of aromatic nitrogens is 2. The van der Waals surface area contributed by atoms with Gasteiger partial charge in [-0.1, -0.05) is 13.8 Å². The highest BCUT2D eigenvalue weighted by atomic mass is 16.6. The van der Waals surface area contributed by atoms with E-state index in [4.69, 9.17) is 0 Å². The molecule has 0 atom stereocenters. The fourth-order valence-corrected chi connectivity index (χ4v) is 2.01. The minimum absolute atomic E-state index is 0.0542. The fraction of sp³-hybridized carbons (Fsp3) is 0.727. The highest BCUT2D eigenvalue weighted by Crippen LogP contribution is 2.35. The van der Waals surface area contributed by atoms with Gasteiger partial charge in [-0.05, 0) is 19.3 Å². The molecule has 0 amide bonds. The topological polar surface area (TPSA) is 73.0 Å². The molecule has 1 aliphatic carbocycles. The quantitative estimate of drug-likeness (QED) is 0.645. The van der Waals surface area contributed by atoms with E-state index in [0.29, 0.717) is 17.6 Å². The second kappa shape index (κ2) is 4.35. The van der Waals surface area contributed by atoms with Crippen LogP contribution in [0.15, 0.2) is 0 Å². The average molecular weight is 238 g/mol. The number of nitrogens with zero attached hydrogens (tertiary/aromatic N) is 3. The Balaban J connectivity index is 2.37. The molecule has 2 rings (SSSR count). The zero-order valence-electron chi connectivity index (χ0n) is 10.4. The molecular weight excluding hydrogens is 220 g/mol. The number of rotatable bonds is 4. The highest BCUT2D eigenvalue weighted by molar-refractivity contribution is 5.61. The molecule has 0 saturated heterocycles. The second-order valence-corrected chi connectivity index (χ2v) is 4.89. The van der Waals surface area contributed by atoms with Crippen LogP contribution in [-0.4, -0.2) is 20.7 Å². The van der Waals surface area contributed by atoms with Crippen LogP contribution < -0.4 is 5.32 Å². The summed E-state index contributed by atoms with van der Waals surface area (Å²) in [6, 6.07) is 0.365. The van der Waals surface area contributed by atoms with E-state index < -0.39 is 0 Å². The lowest BCUT2D eigenvalue weighted by Gasteiger charge is -2.26. The summed E-state index contributed by atoms with van der Waals surface area (Å²) < 4.78 is 1.59. The number of anilines is 1. The van der Waals surface area contributed by atoms with Gasteiger partial charge in [0, 0.05) is 19.0 Å². The monoisotopic (exact) mass is 238 g/mol. The Morgan fingerprint density at radius 2 is 2.18 bits per heavy atom. The van der Waals surface area contributed by atoms with E-state index in [1.165, 1.54) is 6.42 Å². The zero-order chi connectivity index (χ0) is 12.6. The van der Waals surface area contributed by atoms with E-state index >= 15 is 0 Å². The summed E-state index contributed by atoms with van der Waals surface area (Å²) in [5, 5.41) is 18.6. The van der Waals surface area contributed by atoms with Crippen LogP contribution >= 0.6 is 0 Å². The van der Waals surface area contributed by atoms with Gasteiger partial charge in [0.15, 0.2) is 0 Å². The molecule has 1 saturated carbocycles. The first kappa shape index (κ1) is 11.9. The predicted molar refractivity (Wildman–Crippen MR) is 65.2 cm³/mol. The first-order valence-electron chi connectivity index (χ1n) is 5.98. The Bertz CT molecular complexity index is 435. The van der Waals surface area contributed by atoms with Crippen LogP contribution in [0.1, 0.15) is 44.7 Å². The highest BCUT2D eigenvalue weighted by Gasteiger charge is 2.30. The smallest absolute Gasteiger partial charge is 0.334 e. The lowest BCUT2D eigenvalue weighted by atomic mass is 9.93. The normalized spacial score (nSPS) is 16.0. The third-order valence-corrected chi connectivity index (χ3v) is 3.22. The third-order valence-electron chi connectivity index (χ3n) is 3.22. The third kappa shape index (κ3) is 2.11. The molecule has 1 aromatic rings. The van der Waals surface area contributed by atoms with Crippen molar-refractivity contribution in [1.29, 1.82) is 0 Å². The van der Waals surface area contributed by atoms with Crippen molar-refractivity contribution in [2.24, 2.45) is 7.05 Å². The van der Waals surface area contributed by atoms with Crippen molar-refractivity contribution in [3.8, 4) is 0 Å². The van der Waals surface area contributed by atoms with Crippen LogP contribution in [0.2, 0.25) is 0 Å². The van der Waals surface area contributed by atoms with Gasteiger partial charge >= 0.3 is 5.69 Å².